The molecule has 0 unspecified atom stereocenters. The highest BCUT2D eigenvalue weighted by Crippen LogP contribution is 2.29. The van der Waals surface area contributed by atoms with Gasteiger partial charge in [0.25, 0.3) is 0 Å². The van der Waals surface area contributed by atoms with Gasteiger partial charge in [0, 0.05) is 42.3 Å². The quantitative estimate of drug-likeness (QED) is 0.669. The molecule has 0 saturated carbocycles. The van der Waals surface area contributed by atoms with Crippen molar-refractivity contribution in [3.8, 4) is 0 Å². The largest absolute Gasteiger partial charge is 0.361 e. The zero-order chi connectivity index (χ0) is 15.5. The summed E-state index contributed by atoms with van der Waals surface area (Å²) < 4.78 is 0. The SMILES string of the molecule is C=C(C)CNC(=S)N1CC=C(c2c[nH]c3ccccc23)CC1. The summed E-state index contributed by atoms with van der Waals surface area (Å²) in [5.41, 5.74) is 5.00. The van der Waals surface area contributed by atoms with Crippen LogP contribution in [0.15, 0.2) is 48.7 Å². The third-order valence-electron chi connectivity index (χ3n) is 3.97. The highest BCUT2D eigenvalue weighted by Gasteiger charge is 2.17. The number of aromatic amines is 1. The Balaban J connectivity index is 1.71. The zero-order valence-corrected chi connectivity index (χ0v) is 13.7. The van der Waals surface area contributed by atoms with E-state index in [1.165, 1.54) is 22.0 Å². The van der Waals surface area contributed by atoms with Crippen molar-refractivity contribution in [1.82, 2.24) is 15.2 Å². The lowest BCUT2D eigenvalue weighted by Crippen LogP contribution is -2.42. The van der Waals surface area contributed by atoms with Gasteiger partial charge < -0.3 is 15.2 Å². The number of nitrogens with one attached hydrogen (secondary N) is 2. The number of H-pyrrole nitrogens is 1. The number of rotatable bonds is 3. The maximum Gasteiger partial charge on any atom is 0.169 e. The van der Waals surface area contributed by atoms with Gasteiger partial charge in [0.2, 0.25) is 0 Å². The minimum Gasteiger partial charge on any atom is -0.361 e. The zero-order valence-electron chi connectivity index (χ0n) is 12.9. The van der Waals surface area contributed by atoms with Gasteiger partial charge in [0.15, 0.2) is 5.11 Å². The van der Waals surface area contributed by atoms with Crippen molar-refractivity contribution in [2.24, 2.45) is 0 Å². The van der Waals surface area contributed by atoms with Crippen LogP contribution in [0.25, 0.3) is 16.5 Å². The molecule has 0 aliphatic carbocycles. The lowest BCUT2D eigenvalue weighted by atomic mass is 9.99. The summed E-state index contributed by atoms with van der Waals surface area (Å²) in [6, 6.07) is 8.44. The second kappa shape index (κ2) is 6.36. The molecule has 3 rings (SSSR count). The van der Waals surface area contributed by atoms with Gasteiger partial charge >= 0.3 is 0 Å². The van der Waals surface area contributed by atoms with Gasteiger partial charge in [0.05, 0.1) is 0 Å². The molecule has 114 valence electrons. The predicted octanol–water partition coefficient (Wildman–Crippen LogP) is 3.71. The second-order valence-corrected chi connectivity index (χ2v) is 6.18. The molecule has 22 heavy (non-hydrogen) atoms. The Morgan fingerprint density at radius 3 is 2.95 bits per heavy atom. The van der Waals surface area contributed by atoms with Crippen molar-refractivity contribution in [3.05, 3.63) is 54.3 Å². The summed E-state index contributed by atoms with van der Waals surface area (Å²) in [6.45, 7) is 8.45. The maximum atomic E-state index is 5.45. The van der Waals surface area contributed by atoms with E-state index in [9.17, 15) is 0 Å². The summed E-state index contributed by atoms with van der Waals surface area (Å²) in [7, 11) is 0. The second-order valence-electron chi connectivity index (χ2n) is 5.79. The first-order valence-electron chi connectivity index (χ1n) is 7.58. The van der Waals surface area contributed by atoms with Crippen molar-refractivity contribution in [2.45, 2.75) is 13.3 Å². The minimum absolute atomic E-state index is 0.744. The molecule has 0 saturated heterocycles. The van der Waals surface area contributed by atoms with E-state index in [1.54, 1.807) is 0 Å². The topological polar surface area (TPSA) is 31.1 Å². The van der Waals surface area contributed by atoms with Crippen LogP contribution in [0.3, 0.4) is 0 Å². The number of aromatic nitrogens is 1. The molecule has 1 aliphatic rings. The van der Waals surface area contributed by atoms with E-state index in [1.807, 2.05) is 6.92 Å². The summed E-state index contributed by atoms with van der Waals surface area (Å²) in [5, 5.41) is 5.37. The lowest BCUT2D eigenvalue weighted by molar-refractivity contribution is 0.452. The summed E-state index contributed by atoms with van der Waals surface area (Å²) in [4.78, 5) is 5.55. The Morgan fingerprint density at radius 2 is 2.23 bits per heavy atom. The summed E-state index contributed by atoms with van der Waals surface area (Å²) in [6.07, 6.45) is 5.41. The number of benzene rings is 1. The Morgan fingerprint density at radius 1 is 1.41 bits per heavy atom. The first-order chi connectivity index (χ1) is 10.6. The van der Waals surface area contributed by atoms with Crippen LogP contribution in [0.4, 0.5) is 0 Å². The standard InChI is InChI=1S/C18H21N3S/c1-13(2)11-20-18(22)21-9-7-14(8-10-21)16-12-19-17-6-4-3-5-15(16)17/h3-7,12,19H,1,8-11H2,2H3,(H,20,22). The lowest BCUT2D eigenvalue weighted by Gasteiger charge is -2.29. The molecule has 0 spiro atoms. The number of hydrogen-bond donors (Lipinski definition) is 2. The van der Waals surface area contributed by atoms with Crippen molar-refractivity contribution >= 4 is 33.8 Å². The van der Waals surface area contributed by atoms with Crippen LogP contribution >= 0.6 is 12.2 Å². The Kier molecular flexibility index (Phi) is 4.29. The smallest absolute Gasteiger partial charge is 0.169 e. The van der Waals surface area contributed by atoms with Gasteiger partial charge in [0.1, 0.15) is 0 Å². The first kappa shape index (κ1) is 14.9. The average molecular weight is 311 g/mol. The molecule has 1 aromatic heterocycles. The molecule has 0 fully saturated rings. The molecule has 2 heterocycles. The normalized spacial score (nSPS) is 14.8. The van der Waals surface area contributed by atoms with Crippen molar-refractivity contribution < 1.29 is 0 Å². The minimum atomic E-state index is 0.744. The molecule has 0 atom stereocenters. The number of fused-ring (bicyclic) bond motifs is 1. The fraction of sp³-hybridized carbons (Fsp3) is 0.278. The van der Waals surface area contributed by atoms with Crippen LogP contribution in [-0.2, 0) is 0 Å². The van der Waals surface area contributed by atoms with Gasteiger partial charge in [-0.3, -0.25) is 0 Å². The molecule has 0 amide bonds. The average Bonchev–Trinajstić information content (AvgIpc) is 2.97. The van der Waals surface area contributed by atoms with Gasteiger partial charge in [-0.25, -0.2) is 0 Å². The van der Waals surface area contributed by atoms with Crippen molar-refractivity contribution in [3.63, 3.8) is 0 Å². The third-order valence-corrected chi connectivity index (χ3v) is 4.38. The molecule has 2 N–H and O–H groups in total. The van der Waals surface area contributed by atoms with Gasteiger partial charge in [-0.15, -0.1) is 0 Å². The molecule has 3 nitrogen and oxygen atoms in total. The molecular weight excluding hydrogens is 290 g/mol. The van der Waals surface area contributed by atoms with Crippen LogP contribution < -0.4 is 5.32 Å². The highest BCUT2D eigenvalue weighted by molar-refractivity contribution is 7.80. The molecule has 0 bridgehead atoms. The van der Waals surface area contributed by atoms with Gasteiger partial charge in [-0.05, 0) is 37.2 Å². The molecular formula is C18H21N3S. The number of hydrogen-bond acceptors (Lipinski definition) is 1. The monoisotopic (exact) mass is 311 g/mol. The molecule has 0 radical (unpaired) electrons. The number of nitrogens with zero attached hydrogens (tertiary/aromatic N) is 1. The highest BCUT2D eigenvalue weighted by atomic mass is 32.1. The van der Waals surface area contributed by atoms with Gasteiger partial charge in [-0.2, -0.15) is 0 Å². The summed E-state index contributed by atoms with van der Waals surface area (Å²) in [5.74, 6) is 0. The van der Waals surface area contributed by atoms with Crippen LogP contribution in [0.5, 0.6) is 0 Å². The Hall–Kier alpha value is -2.07. The third kappa shape index (κ3) is 3.07. The summed E-state index contributed by atoms with van der Waals surface area (Å²) >= 11 is 5.45. The van der Waals surface area contributed by atoms with E-state index < -0.39 is 0 Å². The Labute approximate surface area is 136 Å². The van der Waals surface area contributed by atoms with E-state index in [-0.39, 0.29) is 0 Å². The molecule has 4 heteroatoms. The van der Waals surface area contributed by atoms with E-state index in [0.717, 1.165) is 36.7 Å². The molecule has 2 aromatic rings. The van der Waals surface area contributed by atoms with Crippen LogP contribution in [0.2, 0.25) is 0 Å². The van der Waals surface area contributed by atoms with Crippen LogP contribution in [0, 0.1) is 0 Å². The number of thiocarbonyl (C=S) groups is 1. The van der Waals surface area contributed by atoms with Crippen molar-refractivity contribution in [1.29, 1.82) is 0 Å². The van der Waals surface area contributed by atoms with Gasteiger partial charge in [-0.1, -0.05) is 36.4 Å². The van der Waals surface area contributed by atoms with Crippen LogP contribution in [0.1, 0.15) is 18.9 Å². The van der Waals surface area contributed by atoms with E-state index >= 15 is 0 Å². The first-order valence-corrected chi connectivity index (χ1v) is 7.98. The van der Waals surface area contributed by atoms with Crippen LogP contribution in [-0.4, -0.2) is 34.6 Å². The van der Waals surface area contributed by atoms with E-state index in [4.69, 9.17) is 12.2 Å². The maximum absolute atomic E-state index is 5.45. The molecule has 1 aliphatic heterocycles. The van der Waals surface area contributed by atoms with E-state index in [2.05, 4.69) is 58.3 Å². The van der Waals surface area contributed by atoms with E-state index in [0.29, 0.717) is 0 Å². The fourth-order valence-electron chi connectivity index (χ4n) is 2.77. The fourth-order valence-corrected chi connectivity index (χ4v) is 3.01. The molecule has 1 aromatic carbocycles. The Bertz CT molecular complexity index is 742. The number of para-hydroxylation sites is 1. The predicted molar refractivity (Wildman–Crippen MR) is 97.9 cm³/mol. The van der Waals surface area contributed by atoms with Crippen molar-refractivity contribution in [2.75, 3.05) is 19.6 Å².